The van der Waals surface area contributed by atoms with Crippen LogP contribution in [0.3, 0.4) is 0 Å². The molecule has 0 saturated heterocycles. The number of amides is 2. The number of hydrogen-bond acceptors (Lipinski definition) is 4. The van der Waals surface area contributed by atoms with Crippen molar-refractivity contribution in [1.29, 1.82) is 5.26 Å². The number of primary amides is 1. The van der Waals surface area contributed by atoms with Gasteiger partial charge in [-0.3, -0.25) is 9.88 Å². The van der Waals surface area contributed by atoms with Crippen molar-refractivity contribution in [3.05, 3.63) is 41.9 Å². The van der Waals surface area contributed by atoms with E-state index >= 15 is 0 Å². The summed E-state index contributed by atoms with van der Waals surface area (Å²) in [5.41, 5.74) is 9.13. The molecule has 1 unspecified atom stereocenters. The van der Waals surface area contributed by atoms with Gasteiger partial charge < -0.3 is 5.73 Å². The van der Waals surface area contributed by atoms with Gasteiger partial charge in [0.05, 0.1) is 12.0 Å². The van der Waals surface area contributed by atoms with E-state index in [1.54, 1.807) is 18.6 Å². The fourth-order valence-electron chi connectivity index (χ4n) is 2.76. The molecule has 0 spiro atoms. The number of carbonyl (C=O) groups excluding carboxylic acids is 1. The normalized spacial score (nSPS) is 14.7. The topological polar surface area (TPSA) is 95.9 Å². The molecule has 1 atom stereocenters. The maximum Gasteiger partial charge on any atom is 0.320 e. The summed E-state index contributed by atoms with van der Waals surface area (Å²) in [4.78, 5) is 21.6. The predicted molar refractivity (Wildman–Crippen MR) is 86.7 cm³/mol. The van der Waals surface area contributed by atoms with Gasteiger partial charge in [0, 0.05) is 36.3 Å². The molecule has 23 heavy (non-hydrogen) atoms. The van der Waals surface area contributed by atoms with Gasteiger partial charge >= 0.3 is 6.03 Å². The van der Waals surface area contributed by atoms with Crippen LogP contribution in [0.25, 0.3) is 11.1 Å². The first-order chi connectivity index (χ1) is 11.1. The van der Waals surface area contributed by atoms with E-state index in [1.807, 2.05) is 19.1 Å². The third-order valence-corrected chi connectivity index (χ3v) is 4.08. The quantitative estimate of drug-likeness (QED) is 0.922. The number of pyridine rings is 2. The maximum atomic E-state index is 11.5. The molecule has 2 amide bonds. The number of hydrogen-bond donors (Lipinski definition) is 1. The van der Waals surface area contributed by atoms with Crippen LogP contribution in [0.4, 0.5) is 10.6 Å². The summed E-state index contributed by atoms with van der Waals surface area (Å²) in [6, 6.07) is 5.72. The fraction of sp³-hybridized carbons (Fsp3) is 0.294. The molecule has 0 saturated carbocycles. The molecule has 2 aromatic heterocycles. The van der Waals surface area contributed by atoms with Crippen LogP contribution in [0, 0.1) is 11.3 Å². The average molecular weight is 307 g/mol. The van der Waals surface area contributed by atoms with E-state index < -0.39 is 6.03 Å². The highest BCUT2D eigenvalue weighted by Gasteiger charge is 2.22. The minimum Gasteiger partial charge on any atom is -0.351 e. The summed E-state index contributed by atoms with van der Waals surface area (Å²) in [5.74, 6) is 0.431. The van der Waals surface area contributed by atoms with E-state index in [0.717, 1.165) is 35.1 Å². The van der Waals surface area contributed by atoms with Gasteiger partial charge in [-0.2, -0.15) is 5.26 Å². The third-order valence-electron chi connectivity index (χ3n) is 4.08. The summed E-state index contributed by atoms with van der Waals surface area (Å²) in [6.07, 6.45) is 6.91. The van der Waals surface area contributed by atoms with Crippen LogP contribution < -0.4 is 10.6 Å². The van der Waals surface area contributed by atoms with Crippen molar-refractivity contribution >= 4 is 11.8 Å². The van der Waals surface area contributed by atoms with Gasteiger partial charge in [-0.05, 0) is 43.0 Å². The molecule has 6 heteroatoms. The highest BCUT2D eigenvalue weighted by molar-refractivity contribution is 5.91. The molecule has 1 aliphatic rings. The molecule has 0 bridgehead atoms. The Hall–Kier alpha value is -2.94. The minimum absolute atomic E-state index is 0.210. The van der Waals surface area contributed by atoms with Crippen LogP contribution in [0.1, 0.15) is 30.4 Å². The zero-order chi connectivity index (χ0) is 16.4. The zero-order valence-electron chi connectivity index (χ0n) is 12.9. The van der Waals surface area contributed by atoms with E-state index in [1.165, 1.54) is 4.90 Å². The Kier molecular flexibility index (Phi) is 3.94. The molecule has 2 N–H and O–H groups in total. The summed E-state index contributed by atoms with van der Waals surface area (Å²) in [7, 11) is 0. The number of rotatable bonds is 2. The largest absolute Gasteiger partial charge is 0.351 e. The molecule has 0 fully saturated rings. The van der Waals surface area contributed by atoms with Crippen LogP contribution in [0.15, 0.2) is 30.7 Å². The van der Waals surface area contributed by atoms with E-state index in [4.69, 9.17) is 11.0 Å². The molecule has 3 rings (SSSR count). The van der Waals surface area contributed by atoms with Crippen molar-refractivity contribution in [2.75, 3.05) is 11.4 Å². The molecular weight excluding hydrogens is 290 g/mol. The molecule has 0 aliphatic carbocycles. The number of anilines is 1. The van der Waals surface area contributed by atoms with Crippen LogP contribution in [-0.2, 0) is 6.42 Å². The molecule has 1 aliphatic heterocycles. The van der Waals surface area contributed by atoms with E-state index in [-0.39, 0.29) is 5.92 Å². The van der Waals surface area contributed by atoms with Crippen LogP contribution >= 0.6 is 0 Å². The van der Waals surface area contributed by atoms with Crippen molar-refractivity contribution in [2.45, 2.75) is 25.7 Å². The van der Waals surface area contributed by atoms with Crippen LogP contribution in [0.2, 0.25) is 0 Å². The molecule has 0 aromatic carbocycles. The Morgan fingerprint density at radius 2 is 2.13 bits per heavy atom. The SMILES string of the molecule is CC(C#N)c1cncc(-c2cnc3c(c2)CCCN3C(N)=O)c1. The summed E-state index contributed by atoms with van der Waals surface area (Å²) in [5, 5.41) is 9.05. The molecule has 116 valence electrons. The van der Waals surface area contributed by atoms with Crippen LogP contribution in [-0.4, -0.2) is 22.5 Å². The van der Waals surface area contributed by atoms with Crippen molar-refractivity contribution in [1.82, 2.24) is 9.97 Å². The van der Waals surface area contributed by atoms with Gasteiger partial charge in [-0.1, -0.05) is 0 Å². The fourth-order valence-corrected chi connectivity index (χ4v) is 2.76. The average Bonchev–Trinajstić information content (AvgIpc) is 2.60. The number of nitriles is 1. The second-order valence-corrected chi connectivity index (χ2v) is 5.66. The summed E-state index contributed by atoms with van der Waals surface area (Å²) in [6.45, 7) is 2.45. The predicted octanol–water partition coefficient (Wildman–Crippen LogP) is 2.60. The lowest BCUT2D eigenvalue weighted by Gasteiger charge is -2.26. The standard InChI is InChI=1S/C17H17N5O/c1-11(7-18)13-6-14(9-20-8-13)15-5-12-3-2-4-22(17(19)23)16(12)21-10-15/h5-6,8-11H,2-4H2,1H3,(H2,19,23). The summed E-state index contributed by atoms with van der Waals surface area (Å²) >= 11 is 0. The van der Waals surface area contributed by atoms with E-state index in [0.29, 0.717) is 12.4 Å². The van der Waals surface area contributed by atoms with Gasteiger partial charge in [0.1, 0.15) is 5.82 Å². The Labute approximate surface area is 134 Å². The highest BCUT2D eigenvalue weighted by atomic mass is 16.2. The first kappa shape index (κ1) is 15.0. The number of carbonyl (C=O) groups is 1. The van der Waals surface area contributed by atoms with Gasteiger partial charge in [-0.15, -0.1) is 0 Å². The number of urea groups is 1. The maximum absolute atomic E-state index is 11.5. The lowest BCUT2D eigenvalue weighted by atomic mass is 9.98. The third kappa shape index (κ3) is 2.86. The number of nitrogens with zero attached hydrogens (tertiary/aromatic N) is 4. The number of aryl methyl sites for hydroxylation is 1. The Morgan fingerprint density at radius 1 is 1.35 bits per heavy atom. The highest BCUT2D eigenvalue weighted by Crippen LogP contribution is 2.30. The van der Waals surface area contributed by atoms with Gasteiger partial charge in [0.25, 0.3) is 0 Å². The second kappa shape index (κ2) is 6.05. The van der Waals surface area contributed by atoms with E-state index in [9.17, 15) is 4.79 Å². The lowest BCUT2D eigenvalue weighted by Crippen LogP contribution is -2.40. The summed E-state index contributed by atoms with van der Waals surface area (Å²) < 4.78 is 0. The van der Waals surface area contributed by atoms with Crippen LogP contribution in [0.5, 0.6) is 0 Å². The Balaban J connectivity index is 2.00. The van der Waals surface area contributed by atoms with Crippen molar-refractivity contribution < 1.29 is 4.79 Å². The molecule has 3 heterocycles. The van der Waals surface area contributed by atoms with Crippen molar-refractivity contribution in [3.63, 3.8) is 0 Å². The Morgan fingerprint density at radius 3 is 2.87 bits per heavy atom. The lowest BCUT2D eigenvalue weighted by molar-refractivity contribution is 0.253. The molecule has 2 aromatic rings. The molecule has 6 nitrogen and oxygen atoms in total. The van der Waals surface area contributed by atoms with Crippen molar-refractivity contribution in [2.24, 2.45) is 5.73 Å². The Bertz CT molecular complexity index is 796. The minimum atomic E-state index is -0.474. The number of nitrogens with two attached hydrogens (primary N) is 1. The van der Waals surface area contributed by atoms with Crippen molar-refractivity contribution in [3.8, 4) is 17.2 Å². The zero-order valence-corrected chi connectivity index (χ0v) is 12.9. The first-order valence-corrected chi connectivity index (χ1v) is 7.51. The monoisotopic (exact) mass is 307 g/mol. The van der Waals surface area contributed by atoms with Gasteiger partial charge in [-0.25, -0.2) is 9.78 Å². The smallest absolute Gasteiger partial charge is 0.320 e. The molecule has 0 radical (unpaired) electrons. The molecular formula is C17H17N5O. The van der Waals surface area contributed by atoms with Gasteiger partial charge in [0.2, 0.25) is 0 Å². The number of fused-ring (bicyclic) bond motifs is 1. The first-order valence-electron chi connectivity index (χ1n) is 7.51. The second-order valence-electron chi connectivity index (χ2n) is 5.66. The van der Waals surface area contributed by atoms with Gasteiger partial charge in [0.15, 0.2) is 0 Å². The number of aromatic nitrogens is 2. The van der Waals surface area contributed by atoms with E-state index in [2.05, 4.69) is 16.0 Å².